The van der Waals surface area contributed by atoms with E-state index in [4.69, 9.17) is 0 Å². The first kappa shape index (κ1) is 14.4. The predicted molar refractivity (Wildman–Crippen MR) is 86.4 cm³/mol. The van der Waals surface area contributed by atoms with Gasteiger partial charge in [-0.1, -0.05) is 48.5 Å². The zero-order valence-corrected chi connectivity index (χ0v) is 12.1. The van der Waals surface area contributed by atoms with Gasteiger partial charge in [0.2, 0.25) is 0 Å². The van der Waals surface area contributed by atoms with Crippen LogP contribution in [0.1, 0.15) is 17.2 Å². The maximum absolute atomic E-state index is 12.0. The van der Waals surface area contributed by atoms with Gasteiger partial charge in [-0.05, 0) is 23.6 Å². The lowest BCUT2D eigenvalue weighted by molar-refractivity contribution is -0.129. The van der Waals surface area contributed by atoms with Crippen LogP contribution in [0.5, 0.6) is 0 Å². The summed E-state index contributed by atoms with van der Waals surface area (Å²) in [5.74, 6) is -0.369. The molecular weight excluding hydrogens is 276 g/mol. The normalized spacial score (nSPS) is 12.2. The Bertz CT molecular complexity index is 765. The fourth-order valence-corrected chi connectivity index (χ4v) is 2.54. The molecule has 0 aliphatic carbocycles. The first-order valence-electron chi connectivity index (χ1n) is 7.31. The Morgan fingerprint density at radius 1 is 1.09 bits per heavy atom. The van der Waals surface area contributed by atoms with Crippen molar-refractivity contribution >= 4 is 16.8 Å². The van der Waals surface area contributed by atoms with Gasteiger partial charge in [0.1, 0.15) is 0 Å². The quantitative estimate of drug-likeness (QED) is 0.677. The number of para-hydroxylation sites is 1. The van der Waals surface area contributed by atoms with Crippen molar-refractivity contribution in [2.45, 2.75) is 12.5 Å². The van der Waals surface area contributed by atoms with Crippen LogP contribution in [-0.2, 0) is 11.2 Å². The zero-order valence-electron chi connectivity index (χ0n) is 12.1. The molecule has 4 heteroatoms. The highest BCUT2D eigenvalue weighted by molar-refractivity contribution is 5.83. The molecule has 3 aromatic rings. The molecule has 0 spiro atoms. The van der Waals surface area contributed by atoms with Crippen LogP contribution < -0.4 is 5.32 Å². The lowest BCUT2D eigenvalue weighted by Crippen LogP contribution is -2.30. The van der Waals surface area contributed by atoms with Crippen molar-refractivity contribution < 1.29 is 9.90 Å². The molecule has 0 aliphatic rings. The summed E-state index contributed by atoms with van der Waals surface area (Å²) >= 11 is 0. The molecule has 0 aliphatic heterocycles. The molecule has 0 radical (unpaired) electrons. The van der Waals surface area contributed by atoms with E-state index in [2.05, 4.69) is 16.4 Å². The van der Waals surface area contributed by atoms with E-state index >= 15 is 0 Å². The number of H-pyrrole nitrogens is 1. The molecule has 0 saturated heterocycles. The predicted octanol–water partition coefficient (Wildman–Crippen LogP) is 2.56. The molecule has 3 N–H and O–H groups in total. The number of aromatic nitrogens is 1. The van der Waals surface area contributed by atoms with E-state index in [0.717, 1.165) is 17.5 Å². The Balaban J connectivity index is 1.58. The summed E-state index contributed by atoms with van der Waals surface area (Å²) in [5, 5.41) is 13.9. The van der Waals surface area contributed by atoms with E-state index in [9.17, 15) is 9.90 Å². The average Bonchev–Trinajstić information content (AvgIpc) is 2.98. The Morgan fingerprint density at radius 3 is 2.64 bits per heavy atom. The minimum Gasteiger partial charge on any atom is -0.378 e. The molecule has 0 fully saturated rings. The fourth-order valence-electron chi connectivity index (χ4n) is 2.54. The number of amides is 1. The third-order valence-corrected chi connectivity index (χ3v) is 3.73. The number of aromatic amines is 1. The van der Waals surface area contributed by atoms with Crippen molar-refractivity contribution in [3.8, 4) is 0 Å². The van der Waals surface area contributed by atoms with E-state index in [1.807, 2.05) is 30.5 Å². The van der Waals surface area contributed by atoms with Gasteiger partial charge in [-0.15, -0.1) is 0 Å². The van der Waals surface area contributed by atoms with Crippen molar-refractivity contribution in [2.75, 3.05) is 6.54 Å². The number of aliphatic hydroxyl groups is 1. The number of aliphatic hydroxyl groups excluding tert-OH is 1. The number of carbonyl (C=O) groups is 1. The summed E-state index contributed by atoms with van der Waals surface area (Å²) in [5.41, 5.74) is 2.85. The minimum atomic E-state index is -1.12. The van der Waals surface area contributed by atoms with Crippen molar-refractivity contribution in [2.24, 2.45) is 0 Å². The van der Waals surface area contributed by atoms with Crippen LogP contribution in [0.15, 0.2) is 60.8 Å². The number of nitrogens with one attached hydrogen (secondary N) is 2. The van der Waals surface area contributed by atoms with Gasteiger partial charge in [0.25, 0.3) is 5.91 Å². The Morgan fingerprint density at radius 2 is 1.82 bits per heavy atom. The summed E-state index contributed by atoms with van der Waals surface area (Å²) < 4.78 is 0. The molecular formula is C18H18N2O2. The van der Waals surface area contributed by atoms with Crippen molar-refractivity contribution in [1.29, 1.82) is 0 Å². The first-order valence-corrected chi connectivity index (χ1v) is 7.31. The first-order chi connectivity index (χ1) is 10.8. The lowest BCUT2D eigenvalue weighted by atomic mass is 10.1. The Hall–Kier alpha value is -2.59. The molecule has 112 valence electrons. The number of hydrogen-bond donors (Lipinski definition) is 3. The topological polar surface area (TPSA) is 65.1 Å². The minimum absolute atomic E-state index is 0.369. The summed E-state index contributed by atoms with van der Waals surface area (Å²) in [4.78, 5) is 15.2. The van der Waals surface area contributed by atoms with E-state index in [1.165, 1.54) is 5.39 Å². The molecule has 22 heavy (non-hydrogen) atoms. The Kier molecular flexibility index (Phi) is 4.21. The van der Waals surface area contributed by atoms with E-state index in [0.29, 0.717) is 12.1 Å². The van der Waals surface area contributed by atoms with Crippen LogP contribution >= 0.6 is 0 Å². The number of rotatable bonds is 5. The fraction of sp³-hybridized carbons (Fsp3) is 0.167. The third-order valence-electron chi connectivity index (χ3n) is 3.73. The summed E-state index contributed by atoms with van der Waals surface area (Å²) in [6, 6.07) is 17.0. The van der Waals surface area contributed by atoms with Gasteiger partial charge in [-0.25, -0.2) is 0 Å². The van der Waals surface area contributed by atoms with Crippen LogP contribution in [0.4, 0.5) is 0 Å². The average molecular weight is 294 g/mol. The molecule has 2 aromatic carbocycles. The van der Waals surface area contributed by atoms with Crippen LogP contribution in [-0.4, -0.2) is 22.5 Å². The second-order valence-electron chi connectivity index (χ2n) is 5.21. The lowest BCUT2D eigenvalue weighted by Gasteiger charge is -2.11. The summed E-state index contributed by atoms with van der Waals surface area (Å²) in [6.07, 6.45) is 1.56. The second-order valence-corrected chi connectivity index (χ2v) is 5.21. The van der Waals surface area contributed by atoms with Gasteiger partial charge in [0.05, 0.1) is 0 Å². The van der Waals surface area contributed by atoms with Crippen LogP contribution in [0.2, 0.25) is 0 Å². The van der Waals surface area contributed by atoms with Crippen molar-refractivity contribution in [1.82, 2.24) is 10.3 Å². The van der Waals surface area contributed by atoms with Gasteiger partial charge >= 0.3 is 0 Å². The number of carbonyl (C=O) groups excluding carboxylic acids is 1. The highest BCUT2D eigenvalue weighted by atomic mass is 16.3. The molecule has 1 amide bonds. The van der Waals surface area contributed by atoms with E-state index in [1.54, 1.807) is 24.3 Å². The van der Waals surface area contributed by atoms with Gasteiger partial charge in [0, 0.05) is 23.6 Å². The standard InChI is InChI=1S/C18H18N2O2/c21-17(13-6-2-1-3-7-13)18(22)19-11-10-14-12-20-16-9-5-4-8-15(14)16/h1-9,12,17,20-21H,10-11H2,(H,19,22)/t17-/m1/s1. The number of fused-ring (bicyclic) bond motifs is 1. The molecule has 0 saturated carbocycles. The number of benzene rings is 2. The maximum Gasteiger partial charge on any atom is 0.253 e. The molecule has 1 atom stereocenters. The van der Waals surface area contributed by atoms with E-state index < -0.39 is 6.10 Å². The zero-order chi connectivity index (χ0) is 15.4. The molecule has 0 bridgehead atoms. The molecule has 1 aromatic heterocycles. The summed E-state index contributed by atoms with van der Waals surface area (Å²) in [6.45, 7) is 0.491. The molecule has 3 rings (SSSR count). The van der Waals surface area contributed by atoms with Gasteiger partial charge in [0.15, 0.2) is 6.10 Å². The molecule has 1 heterocycles. The van der Waals surface area contributed by atoms with Gasteiger partial charge < -0.3 is 15.4 Å². The van der Waals surface area contributed by atoms with Crippen molar-refractivity contribution in [3.63, 3.8) is 0 Å². The van der Waals surface area contributed by atoms with Crippen LogP contribution in [0.3, 0.4) is 0 Å². The van der Waals surface area contributed by atoms with Gasteiger partial charge in [-0.2, -0.15) is 0 Å². The smallest absolute Gasteiger partial charge is 0.253 e. The SMILES string of the molecule is O=C(NCCc1c[nH]c2ccccc12)[C@H](O)c1ccccc1. The van der Waals surface area contributed by atoms with Crippen LogP contribution in [0, 0.1) is 0 Å². The maximum atomic E-state index is 12.0. The summed E-state index contributed by atoms with van der Waals surface area (Å²) in [7, 11) is 0. The monoisotopic (exact) mass is 294 g/mol. The largest absolute Gasteiger partial charge is 0.378 e. The highest BCUT2D eigenvalue weighted by Gasteiger charge is 2.16. The highest BCUT2D eigenvalue weighted by Crippen LogP contribution is 2.18. The number of hydrogen-bond acceptors (Lipinski definition) is 2. The second kappa shape index (κ2) is 6.45. The molecule has 0 unspecified atom stereocenters. The van der Waals surface area contributed by atoms with E-state index in [-0.39, 0.29) is 5.91 Å². The van der Waals surface area contributed by atoms with Crippen molar-refractivity contribution in [3.05, 3.63) is 71.9 Å². The van der Waals surface area contributed by atoms with Gasteiger partial charge in [-0.3, -0.25) is 4.79 Å². The third kappa shape index (κ3) is 3.02. The van der Waals surface area contributed by atoms with Crippen LogP contribution in [0.25, 0.3) is 10.9 Å². The Labute approximate surface area is 128 Å². The molecule has 4 nitrogen and oxygen atoms in total.